The molecule has 1 aliphatic rings. The fourth-order valence-corrected chi connectivity index (χ4v) is 4.06. The molecule has 0 aromatic carbocycles. The van der Waals surface area contributed by atoms with E-state index in [-0.39, 0.29) is 23.8 Å². The number of nitrogens with one attached hydrogen (secondary N) is 1. The molecule has 1 saturated carbocycles. The SMILES string of the molecule is CC(C)n1c(=O)n(C2CC(Nc3ccc4cccnc4n3)C2)c2ncccc21. The van der Waals surface area contributed by atoms with Crippen molar-refractivity contribution in [3.05, 3.63) is 59.3 Å². The minimum Gasteiger partial charge on any atom is -0.367 e. The van der Waals surface area contributed by atoms with Crippen LogP contribution >= 0.6 is 0 Å². The molecule has 4 heterocycles. The third kappa shape index (κ3) is 2.66. The second kappa shape index (κ2) is 6.44. The van der Waals surface area contributed by atoms with E-state index in [2.05, 4.69) is 20.3 Å². The van der Waals surface area contributed by atoms with E-state index in [9.17, 15) is 4.79 Å². The van der Waals surface area contributed by atoms with Crippen LogP contribution in [-0.4, -0.2) is 30.1 Å². The molecule has 1 aliphatic carbocycles. The first kappa shape index (κ1) is 16.9. The van der Waals surface area contributed by atoms with Crippen LogP contribution in [0.15, 0.2) is 53.6 Å². The molecule has 7 heteroatoms. The quantitative estimate of drug-likeness (QED) is 0.591. The second-order valence-electron chi connectivity index (χ2n) is 7.68. The average molecular weight is 374 g/mol. The maximum Gasteiger partial charge on any atom is 0.330 e. The van der Waals surface area contributed by atoms with Gasteiger partial charge in [-0.25, -0.2) is 19.7 Å². The highest BCUT2D eigenvalue weighted by molar-refractivity contribution is 5.76. The van der Waals surface area contributed by atoms with Gasteiger partial charge in [0.2, 0.25) is 0 Å². The Kier molecular flexibility index (Phi) is 3.89. The van der Waals surface area contributed by atoms with Crippen molar-refractivity contribution >= 4 is 28.0 Å². The predicted molar refractivity (Wildman–Crippen MR) is 110 cm³/mol. The van der Waals surface area contributed by atoms with Crippen LogP contribution in [0.4, 0.5) is 5.82 Å². The zero-order valence-corrected chi connectivity index (χ0v) is 15.9. The lowest BCUT2D eigenvalue weighted by Crippen LogP contribution is -2.41. The minimum absolute atomic E-state index is 0.0279. The first-order valence-corrected chi connectivity index (χ1v) is 9.67. The molecule has 0 radical (unpaired) electrons. The summed E-state index contributed by atoms with van der Waals surface area (Å²) >= 11 is 0. The van der Waals surface area contributed by atoms with Gasteiger partial charge in [-0.1, -0.05) is 0 Å². The maximum absolute atomic E-state index is 13.0. The molecular formula is C21H22N6O. The van der Waals surface area contributed by atoms with E-state index in [0.717, 1.165) is 40.9 Å². The van der Waals surface area contributed by atoms with Gasteiger partial charge in [-0.3, -0.25) is 9.13 Å². The Morgan fingerprint density at radius 3 is 2.68 bits per heavy atom. The molecule has 1 N–H and O–H groups in total. The molecule has 0 spiro atoms. The highest BCUT2D eigenvalue weighted by atomic mass is 16.2. The standard InChI is InChI=1S/C21H22N6O/c1-13(2)26-17-6-4-10-23-20(17)27(21(26)28)16-11-15(12-16)24-18-8-7-14-5-3-9-22-19(14)25-18/h3-10,13,15-16H,11-12H2,1-2H3,(H,22,24,25). The van der Waals surface area contributed by atoms with Gasteiger partial charge in [-0.15, -0.1) is 0 Å². The molecule has 0 amide bonds. The lowest BCUT2D eigenvalue weighted by molar-refractivity contribution is 0.278. The number of aromatic nitrogens is 5. The smallest absolute Gasteiger partial charge is 0.330 e. The zero-order valence-electron chi connectivity index (χ0n) is 15.9. The van der Waals surface area contributed by atoms with Crippen molar-refractivity contribution in [1.82, 2.24) is 24.1 Å². The van der Waals surface area contributed by atoms with Gasteiger partial charge in [-0.05, 0) is 63.1 Å². The highest BCUT2D eigenvalue weighted by Gasteiger charge is 2.34. The van der Waals surface area contributed by atoms with Crippen LogP contribution in [-0.2, 0) is 0 Å². The van der Waals surface area contributed by atoms with Gasteiger partial charge < -0.3 is 5.32 Å². The van der Waals surface area contributed by atoms with Gasteiger partial charge in [0.25, 0.3) is 0 Å². The van der Waals surface area contributed by atoms with E-state index in [1.54, 1.807) is 12.4 Å². The van der Waals surface area contributed by atoms with Crippen molar-refractivity contribution in [3.8, 4) is 0 Å². The van der Waals surface area contributed by atoms with Gasteiger partial charge in [0.05, 0.1) is 5.52 Å². The average Bonchev–Trinajstić information content (AvgIpc) is 2.96. The van der Waals surface area contributed by atoms with Gasteiger partial charge in [-0.2, -0.15) is 0 Å². The largest absolute Gasteiger partial charge is 0.367 e. The summed E-state index contributed by atoms with van der Waals surface area (Å²) < 4.78 is 3.70. The number of fused-ring (bicyclic) bond motifs is 2. The Balaban J connectivity index is 1.38. The molecule has 0 saturated heterocycles. The number of anilines is 1. The summed E-state index contributed by atoms with van der Waals surface area (Å²) in [6, 6.07) is 12.3. The van der Waals surface area contributed by atoms with E-state index in [1.165, 1.54) is 0 Å². The summed E-state index contributed by atoms with van der Waals surface area (Å²) in [6.07, 6.45) is 5.25. The van der Waals surface area contributed by atoms with Crippen molar-refractivity contribution in [2.24, 2.45) is 0 Å². The topological polar surface area (TPSA) is 77.6 Å². The summed E-state index contributed by atoms with van der Waals surface area (Å²) in [6.45, 7) is 4.06. The number of imidazole rings is 1. The molecule has 5 rings (SSSR count). The molecule has 4 aromatic heterocycles. The van der Waals surface area contributed by atoms with Crippen LogP contribution in [0.3, 0.4) is 0 Å². The molecule has 1 fully saturated rings. The summed E-state index contributed by atoms with van der Waals surface area (Å²) in [5.41, 5.74) is 2.45. The van der Waals surface area contributed by atoms with E-state index in [4.69, 9.17) is 0 Å². The first-order valence-electron chi connectivity index (χ1n) is 9.67. The van der Waals surface area contributed by atoms with E-state index >= 15 is 0 Å². The molecule has 0 bridgehead atoms. The molecule has 4 aromatic rings. The van der Waals surface area contributed by atoms with Crippen molar-refractivity contribution in [2.75, 3.05) is 5.32 Å². The summed E-state index contributed by atoms with van der Waals surface area (Å²) in [7, 11) is 0. The van der Waals surface area contributed by atoms with E-state index < -0.39 is 0 Å². The van der Waals surface area contributed by atoms with Crippen molar-refractivity contribution in [1.29, 1.82) is 0 Å². The molecule has 0 atom stereocenters. The van der Waals surface area contributed by atoms with Crippen LogP contribution in [0.25, 0.3) is 22.2 Å². The summed E-state index contributed by atoms with van der Waals surface area (Å²) in [5, 5.41) is 4.50. The number of hydrogen-bond donors (Lipinski definition) is 1. The normalized spacial score (nSPS) is 19.2. The second-order valence-corrected chi connectivity index (χ2v) is 7.68. The molecule has 7 nitrogen and oxygen atoms in total. The van der Waals surface area contributed by atoms with Crippen LogP contribution in [0.2, 0.25) is 0 Å². The molecular weight excluding hydrogens is 352 g/mol. The Bertz CT molecular complexity index is 1220. The lowest BCUT2D eigenvalue weighted by Gasteiger charge is -2.36. The minimum atomic E-state index is 0.0279. The first-order chi connectivity index (χ1) is 13.6. The Labute approximate surface area is 162 Å². The fraction of sp³-hybridized carbons (Fsp3) is 0.333. The number of rotatable bonds is 4. The van der Waals surface area contributed by atoms with Crippen molar-refractivity contribution < 1.29 is 0 Å². The molecule has 28 heavy (non-hydrogen) atoms. The molecule has 0 aliphatic heterocycles. The van der Waals surface area contributed by atoms with Crippen molar-refractivity contribution in [3.63, 3.8) is 0 Å². The maximum atomic E-state index is 13.0. The number of hydrogen-bond acceptors (Lipinski definition) is 5. The Hall–Kier alpha value is -3.22. The molecule has 142 valence electrons. The van der Waals surface area contributed by atoms with Crippen LogP contribution in [0, 0.1) is 0 Å². The summed E-state index contributed by atoms with van der Waals surface area (Å²) in [4.78, 5) is 26.4. The third-order valence-corrected chi connectivity index (χ3v) is 5.48. The van der Waals surface area contributed by atoms with Gasteiger partial charge in [0.15, 0.2) is 11.3 Å². The lowest BCUT2D eigenvalue weighted by atomic mass is 9.86. The van der Waals surface area contributed by atoms with Crippen molar-refractivity contribution in [2.45, 2.75) is 44.8 Å². The van der Waals surface area contributed by atoms with Crippen LogP contribution in [0.5, 0.6) is 0 Å². The number of nitrogens with zero attached hydrogens (tertiary/aromatic N) is 5. The Morgan fingerprint density at radius 1 is 1.07 bits per heavy atom. The highest BCUT2D eigenvalue weighted by Crippen LogP contribution is 2.35. The van der Waals surface area contributed by atoms with E-state index in [0.29, 0.717) is 0 Å². The van der Waals surface area contributed by atoms with Gasteiger partial charge >= 0.3 is 5.69 Å². The summed E-state index contributed by atoms with van der Waals surface area (Å²) in [5.74, 6) is 0.824. The van der Waals surface area contributed by atoms with E-state index in [1.807, 2.05) is 59.4 Å². The molecule has 0 unspecified atom stereocenters. The Morgan fingerprint density at radius 2 is 1.86 bits per heavy atom. The van der Waals surface area contributed by atoms with Gasteiger partial charge in [0, 0.05) is 35.9 Å². The van der Waals surface area contributed by atoms with Gasteiger partial charge in [0.1, 0.15) is 5.82 Å². The predicted octanol–water partition coefficient (Wildman–Crippen LogP) is 3.54. The van der Waals surface area contributed by atoms with Crippen LogP contribution in [0.1, 0.15) is 38.8 Å². The van der Waals surface area contributed by atoms with Crippen LogP contribution < -0.4 is 11.0 Å². The third-order valence-electron chi connectivity index (χ3n) is 5.48. The number of pyridine rings is 3. The fourth-order valence-electron chi connectivity index (χ4n) is 4.06. The zero-order chi connectivity index (χ0) is 19.3. The monoisotopic (exact) mass is 374 g/mol.